The maximum absolute atomic E-state index is 12.2. The van der Waals surface area contributed by atoms with Crippen LogP contribution in [0.2, 0.25) is 0 Å². The van der Waals surface area contributed by atoms with Gasteiger partial charge in [0.05, 0.1) is 0 Å². The SMILES string of the molecule is CC(=O)N1CCC2(C=C(C(=O)NCc3ccccc3)NO2)CC1. The van der Waals surface area contributed by atoms with Gasteiger partial charge >= 0.3 is 0 Å². The number of likely N-dealkylation sites (tertiary alicyclic amines) is 1. The van der Waals surface area contributed by atoms with E-state index in [1.165, 1.54) is 0 Å². The molecule has 0 aromatic heterocycles. The fourth-order valence-corrected chi connectivity index (χ4v) is 2.91. The Labute approximate surface area is 135 Å². The maximum Gasteiger partial charge on any atom is 0.269 e. The van der Waals surface area contributed by atoms with Crippen molar-refractivity contribution >= 4 is 11.8 Å². The average Bonchev–Trinajstić information content (AvgIpc) is 2.98. The fraction of sp³-hybridized carbons (Fsp3) is 0.412. The summed E-state index contributed by atoms with van der Waals surface area (Å²) in [5.41, 5.74) is 3.75. The smallest absolute Gasteiger partial charge is 0.269 e. The molecule has 1 saturated heterocycles. The van der Waals surface area contributed by atoms with Crippen molar-refractivity contribution in [3.05, 3.63) is 47.7 Å². The van der Waals surface area contributed by atoms with Crippen molar-refractivity contribution in [2.75, 3.05) is 13.1 Å². The molecule has 3 rings (SSSR count). The van der Waals surface area contributed by atoms with Crippen molar-refractivity contribution in [2.24, 2.45) is 0 Å². The molecule has 2 N–H and O–H groups in total. The van der Waals surface area contributed by atoms with Crippen LogP contribution >= 0.6 is 0 Å². The fourth-order valence-electron chi connectivity index (χ4n) is 2.91. The molecule has 1 aromatic rings. The van der Waals surface area contributed by atoms with Crippen molar-refractivity contribution in [2.45, 2.75) is 31.9 Å². The first kappa shape index (κ1) is 15.6. The van der Waals surface area contributed by atoms with E-state index in [-0.39, 0.29) is 11.8 Å². The summed E-state index contributed by atoms with van der Waals surface area (Å²) in [5.74, 6) is -0.102. The second-order valence-corrected chi connectivity index (χ2v) is 6.00. The number of rotatable bonds is 3. The highest BCUT2D eigenvalue weighted by atomic mass is 16.7. The third kappa shape index (κ3) is 3.53. The second-order valence-electron chi connectivity index (χ2n) is 6.00. The molecule has 2 aliphatic rings. The van der Waals surface area contributed by atoms with E-state index >= 15 is 0 Å². The predicted molar refractivity (Wildman–Crippen MR) is 84.8 cm³/mol. The van der Waals surface area contributed by atoms with E-state index < -0.39 is 5.60 Å². The first-order valence-electron chi connectivity index (χ1n) is 7.82. The molecular weight excluding hydrogens is 294 g/mol. The molecule has 1 aromatic carbocycles. The lowest BCUT2D eigenvalue weighted by molar-refractivity contribution is -0.134. The van der Waals surface area contributed by atoms with Crippen LogP contribution in [0.3, 0.4) is 0 Å². The van der Waals surface area contributed by atoms with Crippen LogP contribution in [0.25, 0.3) is 0 Å². The summed E-state index contributed by atoms with van der Waals surface area (Å²) in [6.07, 6.45) is 3.23. The first-order valence-corrected chi connectivity index (χ1v) is 7.82. The third-order valence-electron chi connectivity index (χ3n) is 4.37. The minimum atomic E-state index is -0.481. The predicted octanol–water partition coefficient (Wildman–Crippen LogP) is 1.10. The number of nitrogens with zero attached hydrogens (tertiary/aromatic N) is 1. The Morgan fingerprint density at radius 2 is 1.96 bits per heavy atom. The molecule has 0 radical (unpaired) electrons. The molecule has 0 bridgehead atoms. The topological polar surface area (TPSA) is 70.7 Å². The molecule has 2 heterocycles. The molecule has 23 heavy (non-hydrogen) atoms. The molecule has 0 saturated carbocycles. The minimum Gasteiger partial charge on any atom is -0.347 e. The van der Waals surface area contributed by atoms with Gasteiger partial charge in [-0.15, -0.1) is 0 Å². The Morgan fingerprint density at radius 3 is 2.61 bits per heavy atom. The van der Waals surface area contributed by atoms with Gasteiger partial charge in [-0.1, -0.05) is 30.3 Å². The van der Waals surface area contributed by atoms with Gasteiger partial charge in [0.15, 0.2) is 0 Å². The summed E-state index contributed by atoms with van der Waals surface area (Å²) in [5, 5.41) is 2.88. The van der Waals surface area contributed by atoms with Crippen molar-refractivity contribution in [1.29, 1.82) is 0 Å². The molecule has 2 amide bonds. The van der Waals surface area contributed by atoms with E-state index in [1.807, 2.05) is 36.4 Å². The zero-order valence-electron chi connectivity index (χ0n) is 13.2. The number of amides is 2. The summed E-state index contributed by atoms with van der Waals surface area (Å²) in [6.45, 7) is 3.34. The van der Waals surface area contributed by atoms with E-state index in [4.69, 9.17) is 4.84 Å². The van der Waals surface area contributed by atoms with Gasteiger partial charge < -0.3 is 10.2 Å². The Hall–Kier alpha value is -2.34. The van der Waals surface area contributed by atoms with Gasteiger partial charge in [-0.3, -0.25) is 19.9 Å². The number of hydroxylamine groups is 1. The molecule has 0 unspecified atom stereocenters. The van der Waals surface area contributed by atoms with Crippen LogP contribution in [0.15, 0.2) is 42.1 Å². The van der Waals surface area contributed by atoms with Gasteiger partial charge in [0.1, 0.15) is 11.3 Å². The summed E-state index contributed by atoms with van der Waals surface area (Å²) < 4.78 is 0. The summed E-state index contributed by atoms with van der Waals surface area (Å²) in [7, 11) is 0. The van der Waals surface area contributed by atoms with Crippen molar-refractivity contribution < 1.29 is 14.4 Å². The van der Waals surface area contributed by atoms with Crippen LogP contribution in [0.4, 0.5) is 0 Å². The van der Waals surface area contributed by atoms with Crippen molar-refractivity contribution in [3.63, 3.8) is 0 Å². The maximum atomic E-state index is 12.2. The summed E-state index contributed by atoms with van der Waals surface area (Å²) in [4.78, 5) is 31.1. The van der Waals surface area contributed by atoms with E-state index in [0.29, 0.717) is 38.2 Å². The van der Waals surface area contributed by atoms with Crippen LogP contribution < -0.4 is 10.8 Å². The number of benzene rings is 1. The molecule has 6 heteroatoms. The zero-order chi connectivity index (χ0) is 16.3. The van der Waals surface area contributed by atoms with E-state index in [1.54, 1.807) is 11.8 Å². The Balaban J connectivity index is 1.57. The highest BCUT2D eigenvalue weighted by molar-refractivity contribution is 5.93. The van der Waals surface area contributed by atoms with Gasteiger partial charge in [0, 0.05) is 39.4 Å². The van der Waals surface area contributed by atoms with E-state index in [2.05, 4.69) is 10.8 Å². The highest BCUT2D eigenvalue weighted by Crippen LogP contribution is 2.31. The molecule has 1 spiro atoms. The number of carbonyl (C=O) groups excluding carboxylic acids is 2. The molecule has 2 aliphatic heterocycles. The Kier molecular flexibility index (Phi) is 4.34. The Bertz CT molecular complexity index is 619. The zero-order valence-corrected chi connectivity index (χ0v) is 13.2. The van der Waals surface area contributed by atoms with Gasteiger partial charge in [-0.25, -0.2) is 0 Å². The van der Waals surface area contributed by atoms with E-state index in [0.717, 1.165) is 5.56 Å². The minimum absolute atomic E-state index is 0.0793. The summed E-state index contributed by atoms with van der Waals surface area (Å²) in [6, 6.07) is 9.75. The largest absolute Gasteiger partial charge is 0.347 e. The molecular formula is C17H21N3O3. The lowest BCUT2D eigenvalue weighted by atomic mass is 9.91. The molecule has 0 atom stereocenters. The van der Waals surface area contributed by atoms with E-state index in [9.17, 15) is 9.59 Å². The van der Waals surface area contributed by atoms with Gasteiger partial charge in [0.2, 0.25) is 5.91 Å². The van der Waals surface area contributed by atoms with Crippen molar-refractivity contribution in [3.8, 4) is 0 Å². The standard InChI is InChI=1S/C17H21N3O3/c1-13(21)20-9-7-17(8-10-20)11-15(19-23-17)16(22)18-12-14-5-3-2-4-6-14/h2-6,11,19H,7-10,12H2,1H3,(H,18,22). The molecule has 0 aliphatic carbocycles. The lowest BCUT2D eigenvalue weighted by Crippen LogP contribution is -2.46. The quantitative estimate of drug-likeness (QED) is 0.876. The van der Waals surface area contributed by atoms with Crippen LogP contribution in [-0.2, 0) is 21.0 Å². The number of hydrogen-bond donors (Lipinski definition) is 2. The lowest BCUT2D eigenvalue weighted by Gasteiger charge is -2.36. The first-order chi connectivity index (χ1) is 11.1. The van der Waals surface area contributed by atoms with Gasteiger partial charge in [-0.05, 0) is 11.6 Å². The van der Waals surface area contributed by atoms with Crippen LogP contribution in [0.1, 0.15) is 25.3 Å². The van der Waals surface area contributed by atoms with Gasteiger partial charge in [-0.2, -0.15) is 0 Å². The Morgan fingerprint density at radius 1 is 1.26 bits per heavy atom. The monoisotopic (exact) mass is 315 g/mol. The third-order valence-corrected chi connectivity index (χ3v) is 4.37. The van der Waals surface area contributed by atoms with Crippen molar-refractivity contribution in [1.82, 2.24) is 15.7 Å². The molecule has 122 valence electrons. The van der Waals surface area contributed by atoms with Crippen LogP contribution in [0, 0.1) is 0 Å². The van der Waals surface area contributed by atoms with Gasteiger partial charge in [0.25, 0.3) is 5.91 Å². The number of piperidine rings is 1. The summed E-state index contributed by atoms with van der Waals surface area (Å²) >= 11 is 0. The number of nitrogens with one attached hydrogen (secondary N) is 2. The number of hydrogen-bond acceptors (Lipinski definition) is 4. The number of carbonyl (C=O) groups is 2. The normalized spacial score (nSPS) is 19.2. The second kappa shape index (κ2) is 6.42. The molecule has 1 fully saturated rings. The van der Waals surface area contributed by atoms with Crippen LogP contribution in [0.5, 0.6) is 0 Å². The van der Waals surface area contributed by atoms with Crippen LogP contribution in [-0.4, -0.2) is 35.4 Å². The average molecular weight is 315 g/mol. The highest BCUT2D eigenvalue weighted by Gasteiger charge is 2.40. The molecule has 6 nitrogen and oxygen atoms in total.